The smallest absolute Gasteiger partial charge is 0.118 e. The third-order valence-electron chi connectivity index (χ3n) is 4.77. The van der Waals surface area contributed by atoms with Crippen LogP contribution in [0.25, 0.3) is 0 Å². The maximum atomic E-state index is 10.9. The Bertz CT molecular complexity index is 424. The van der Waals surface area contributed by atoms with Crippen LogP contribution in [0.1, 0.15) is 57.9 Å². The molecule has 1 aliphatic carbocycles. The van der Waals surface area contributed by atoms with Gasteiger partial charge < -0.3 is 9.84 Å². The number of hydrogen-bond donors (Lipinski definition) is 1. The largest absolute Gasteiger partial charge is 0.497 e. The second-order valence-corrected chi connectivity index (χ2v) is 7.16. The lowest BCUT2D eigenvalue weighted by Crippen LogP contribution is -2.36. The number of hydrogen-bond acceptors (Lipinski definition) is 2. The summed E-state index contributed by atoms with van der Waals surface area (Å²) in [7, 11) is 1.69. The molecule has 0 bridgehead atoms. The third-order valence-corrected chi connectivity index (χ3v) is 4.77. The van der Waals surface area contributed by atoms with E-state index in [1.165, 1.54) is 24.8 Å². The molecule has 1 N–H and O–H groups in total. The Morgan fingerprint density at radius 3 is 2.62 bits per heavy atom. The van der Waals surface area contributed by atoms with Crippen molar-refractivity contribution in [1.82, 2.24) is 0 Å². The first-order valence-corrected chi connectivity index (χ1v) is 8.36. The zero-order valence-electron chi connectivity index (χ0n) is 13.8. The van der Waals surface area contributed by atoms with Gasteiger partial charge in [0.15, 0.2) is 0 Å². The van der Waals surface area contributed by atoms with E-state index in [0.717, 1.165) is 37.4 Å². The molecule has 1 aromatic rings. The van der Waals surface area contributed by atoms with Crippen molar-refractivity contribution in [2.45, 2.75) is 64.4 Å². The summed E-state index contributed by atoms with van der Waals surface area (Å²) < 4.78 is 5.19. The van der Waals surface area contributed by atoms with Crippen LogP contribution in [0.4, 0.5) is 0 Å². The van der Waals surface area contributed by atoms with Crippen LogP contribution in [0.5, 0.6) is 5.75 Å². The molecule has 0 heterocycles. The standard InChI is InChI=1S/C19H30O2/c1-15(2)13-17-5-4-11-19(20,14-17)12-10-16-6-8-18(21-3)9-7-16/h6-9,15,17,20H,4-5,10-14H2,1-3H3. The van der Waals surface area contributed by atoms with Gasteiger partial charge in [0.25, 0.3) is 0 Å². The first-order valence-electron chi connectivity index (χ1n) is 8.36. The van der Waals surface area contributed by atoms with Crippen molar-refractivity contribution in [3.05, 3.63) is 29.8 Å². The maximum absolute atomic E-state index is 10.9. The van der Waals surface area contributed by atoms with Crippen molar-refractivity contribution in [1.29, 1.82) is 0 Å². The number of aryl methyl sites for hydroxylation is 1. The molecule has 0 aromatic heterocycles. The molecule has 1 saturated carbocycles. The Labute approximate surface area is 129 Å². The lowest BCUT2D eigenvalue weighted by atomic mass is 9.73. The van der Waals surface area contributed by atoms with Crippen molar-refractivity contribution in [3.63, 3.8) is 0 Å². The van der Waals surface area contributed by atoms with Gasteiger partial charge in [0.2, 0.25) is 0 Å². The summed E-state index contributed by atoms with van der Waals surface area (Å²) in [4.78, 5) is 0. The summed E-state index contributed by atoms with van der Waals surface area (Å²) in [5.41, 5.74) is 0.841. The summed E-state index contributed by atoms with van der Waals surface area (Å²) in [6, 6.07) is 8.22. The normalized spacial score (nSPS) is 26.0. The van der Waals surface area contributed by atoms with Crippen LogP contribution in [0, 0.1) is 11.8 Å². The average Bonchev–Trinajstić information content (AvgIpc) is 2.45. The van der Waals surface area contributed by atoms with Gasteiger partial charge in [-0.15, -0.1) is 0 Å². The highest BCUT2D eigenvalue weighted by Gasteiger charge is 2.33. The first-order chi connectivity index (χ1) is 10.0. The Balaban J connectivity index is 1.87. The average molecular weight is 290 g/mol. The molecule has 21 heavy (non-hydrogen) atoms. The summed E-state index contributed by atoms with van der Waals surface area (Å²) in [6.07, 6.45) is 7.52. The molecule has 0 spiro atoms. The quantitative estimate of drug-likeness (QED) is 0.830. The molecule has 0 radical (unpaired) electrons. The Hall–Kier alpha value is -1.02. The van der Waals surface area contributed by atoms with E-state index in [1.807, 2.05) is 12.1 Å². The van der Waals surface area contributed by atoms with Crippen LogP contribution in [-0.4, -0.2) is 17.8 Å². The van der Waals surface area contributed by atoms with E-state index in [2.05, 4.69) is 26.0 Å². The van der Waals surface area contributed by atoms with Crippen molar-refractivity contribution in [2.75, 3.05) is 7.11 Å². The highest BCUT2D eigenvalue weighted by atomic mass is 16.5. The van der Waals surface area contributed by atoms with Gasteiger partial charge in [-0.25, -0.2) is 0 Å². The molecule has 0 aliphatic heterocycles. The monoisotopic (exact) mass is 290 g/mol. The molecule has 1 aliphatic rings. The molecular weight excluding hydrogens is 260 g/mol. The molecule has 0 saturated heterocycles. The summed E-state index contributed by atoms with van der Waals surface area (Å²) in [5.74, 6) is 2.34. The van der Waals surface area contributed by atoms with Crippen LogP contribution >= 0.6 is 0 Å². The van der Waals surface area contributed by atoms with Gasteiger partial charge in [-0.3, -0.25) is 0 Å². The van der Waals surface area contributed by atoms with E-state index in [1.54, 1.807) is 7.11 Å². The topological polar surface area (TPSA) is 29.5 Å². The van der Waals surface area contributed by atoms with Gasteiger partial charge in [0.05, 0.1) is 12.7 Å². The Morgan fingerprint density at radius 2 is 2.00 bits per heavy atom. The lowest BCUT2D eigenvalue weighted by molar-refractivity contribution is -0.0259. The van der Waals surface area contributed by atoms with Crippen LogP contribution in [-0.2, 0) is 6.42 Å². The highest BCUT2D eigenvalue weighted by molar-refractivity contribution is 5.27. The lowest BCUT2D eigenvalue weighted by Gasteiger charge is -2.37. The molecular formula is C19H30O2. The minimum Gasteiger partial charge on any atom is -0.497 e. The summed E-state index contributed by atoms with van der Waals surface area (Å²) in [6.45, 7) is 4.57. The molecule has 2 nitrogen and oxygen atoms in total. The van der Waals surface area contributed by atoms with E-state index < -0.39 is 5.60 Å². The van der Waals surface area contributed by atoms with Crippen molar-refractivity contribution < 1.29 is 9.84 Å². The molecule has 1 fully saturated rings. The SMILES string of the molecule is COc1ccc(CCC2(O)CCCC(CC(C)C)C2)cc1. The van der Waals surface area contributed by atoms with E-state index >= 15 is 0 Å². The van der Waals surface area contributed by atoms with Crippen LogP contribution < -0.4 is 4.74 Å². The van der Waals surface area contributed by atoms with Crippen LogP contribution in [0.3, 0.4) is 0 Å². The van der Waals surface area contributed by atoms with Crippen LogP contribution in [0.2, 0.25) is 0 Å². The number of aliphatic hydroxyl groups is 1. The second kappa shape index (κ2) is 7.31. The summed E-state index contributed by atoms with van der Waals surface area (Å²) >= 11 is 0. The number of rotatable bonds is 6. The molecule has 2 rings (SSSR count). The fourth-order valence-corrected chi connectivity index (χ4v) is 3.73. The fourth-order valence-electron chi connectivity index (χ4n) is 3.73. The second-order valence-electron chi connectivity index (χ2n) is 7.16. The zero-order chi connectivity index (χ0) is 15.3. The molecule has 2 unspecified atom stereocenters. The van der Waals surface area contributed by atoms with E-state index in [0.29, 0.717) is 5.92 Å². The first kappa shape index (κ1) is 16.4. The Kier molecular flexibility index (Phi) is 5.69. The molecule has 118 valence electrons. The number of methoxy groups -OCH3 is 1. The molecule has 2 heteroatoms. The number of ether oxygens (including phenoxy) is 1. The minimum atomic E-state index is -0.447. The summed E-state index contributed by atoms with van der Waals surface area (Å²) in [5, 5.41) is 10.9. The van der Waals surface area contributed by atoms with Gasteiger partial charge in [-0.1, -0.05) is 38.8 Å². The van der Waals surface area contributed by atoms with Gasteiger partial charge >= 0.3 is 0 Å². The van der Waals surface area contributed by atoms with E-state index in [-0.39, 0.29) is 0 Å². The highest BCUT2D eigenvalue weighted by Crippen LogP contribution is 2.38. The number of benzene rings is 1. The van der Waals surface area contributed by atoms with E-state index in [9.17, 15) is 5.11 Å². The van der Waals surface area contributed by atoms with Gasteiger partial charge in [-0.2, -0.15) is 0 Å². The molecule has 1 aromatic carbocycles. The molecule has 2 atom stereocenters. The van der Waals surface area contributed by atoms with Crippen molar-refractivity contribution in [2.24, 2.45) is 11.8 Å². The van der Waals surface area contributed by atoms with Crippen LogP contribution in [0.15, 0.2) is 24.3 Å². The third kappa shape index (κ3) is 5.03. The van der Waals surface area contributed by atoms with Crippen molar-refractivity contribution in [3.8, 4) is 5.75 Å². The van der Waals surface area contributed by atoms with Gasteiger partial charge in [-0.05, 0) is 61.6 Å². The molecule has 0 amide bonds. The zero-order valence-corrected chi connectivity index (χ0v) is 13.8. The predicted molar refractivity (Wildman–Crippen MR) is 87.7 cm³/mol. The van der Waals surface area contributed by atoms with Gasteiger partial charge in [0, 0.05) is 0 Å². The van der Waals surface area contributed by atoms with Gasteiger partial charge in [0.1, 0.15) is 5.75 Å². The maximum Gasteiger partial charge on any atom is 0.118 e. The van der Waals surface area contributed by atoms with Crippen molar-refractivity contribution >= 4 is 0 Å². The van der Waals surface area contributed by atoms with E-state index in [4.69, 9.17) is 4.74 Å². The predicted octanol–water partition coefficient (Wildman–Crippen LogP) is 4.60. The Morgan fingerprint density at radius 1 is 1.29 bits per heavy atom. The minimum absolute atomic E-state index is 0.447. The fraction of sp³-hybridized carbons (Fsp3) is 0.684.